The molecule has 0 aliphatic rings. The Morgan fingerprint density at radius 2 is 1.81 bits per heavy atom. The van der Waals surface area contributed by atoms with Gasteiger partial charge in [-0.2, -0.15) is 0 Å². The molecule has 0 radical (unpaired) electrons. The van der Waals surface area contributed by atoms with Gasteiger partial charge in [-0.3, -0.25) is 0 Å². The van der Waals surface area contributed by atoms with Crippen molar-refractivity contribution >= 4 is 34.8 Å². The van der Waals surface area contributed by atoms with Gasteiger partial charge >= 0.3 is 0 Å². The predicted octanol–water partition coefficient (Wildman–Crippen LogP) is 4.23. The molecule has 0 spiro atoms. The summed E-state index contributed by atoms with van der Waals surface area (Å²) in [6.07, 6.45) is 1.30. The number of benzene rings is 1. The Hall–Kier alpha value is -1.03. The molecule has 0 N–H and O–H groups in total. The summed E-state index contributed by atoms with van der Waals surface area (Å²) in [6.45, 7) is 0. The van der Waals surface area contributed by atoms with Gasteiger partial charge in [0.1, 0.15) is 17.2 Å². The summed E-state index contributed by atoms with van der Waals surface area (Å²) in [5.74, 6) is 0.730. The van der Waals surface area contributed by atoms with Crippen LogP contribution in [0.2, 0.25) is 15.2 Å². The molecule has 2 aromatic rings. The highest BCUT2D eigenvalue weighted by Crippen LogP contribution is 2.31. The van der Waals surface area contributed by atoms with E-state index in [0.29, 0.717) is 26.8 Å². The second-order valence-electron chi connectivity index (χ2n) is 2.86. The minimum absolute atomic E-state index is 0.295. The van der Waals surface area contributed by atoms with Gasteiger partial charge in [-0.15, -0.1) is 0 Å². The highest BCUT2D eigenvalue weighted by Gasteiger charge is 2.05. The molecule has 3 nitrogen and oxygen atoms in total. The van der Waals surface area contributed by atoms with Gasteiger partial charge in [0.05, 0.1) is 5.02 Å². The van der Waals surface area contributed by atoms with E-state index in [1.807, 2.05) is 0 Å². The van der Waals surface area contributed by atoms with Gasteiger partial charge in [-0.25, -0.2) is 9.97 Å². The molecule has 0 bridgehead atoms. The van der Waals surface area contributed by atoms with E-state index >= 15 is 0 Å². The summed E-state index contributed by atoms with van der Waals surface area (Å²) in [7, 11) is 0. The van der Waals surface area contributed by atoms with Crippen LogP contribution in [0.3, 0.4) is 0 Å². The lowest BCUT2D eigenvalue weighted by Crippen LogP contribution is -1.89. The summed E-state index contributed by atoms with van der Waals surface area (Å²) in [4.78, 5) is 7.62. The first-order valence-electron chi connectivity index (χ1n) is 4.25. The first kappa shape index (κ1) is 11.5. The fraction of sp³-hybridized carbons (Fsp3) is 0. The van der Waals surface area contributed by atoms with Gasteiger partial charge in [-0.05, 0) is 12.1 Å². The van der Waals surface area contributed by atoms with Crippen molar-refractivity contribution in [3.8, 4) is 11.6 Å². The Morgan fingerprint density at radius 1 is 1.00 bits per heavy atom. The van der Waals surface area contributed by atoms with Gasteiger partial charge in [0.25, 0.3) is 0 Å². The van der Waals surface area contributed by atoms with Crippen LogP contribution in [0.15, 0.2) is 30.6 Å². The molecule has 1 heterocycles. The zero-order valence-corrected chi connectivity index (χ0v) is 10.1. The summed E-state index contributed by atoms with van der Waals surface area (Å²) in [6, 6.07) is 6.39. The van der Waals surface area contributed by atoms with Crippen LogP contribution in [0.5, 0.6) is 11.6 Å². The van der Waals surface area contributed by atoms with Crippen molar-refractivity contribution in [1.82, 2.24) is 9.97 Å². The molecule has 82 valence electrons. The standard InChI is InChI=1S/C10H5Cl3N2O/c11-6-1-2-7(12)8(3-6)16-10-4-9(13)14-5-15-10/h1-5H. The van der Waals surface area contributed by atoms with E-state index in [9.17, 15) is 0 Å². The van der Waals surface area contributed by atoms with Gasteiger partial charge in [0.15, 0.2) is 0 Å². The summed E-state index contributed by atoms with van der Waals surface area (Å²) in [5.41, 5.74) is 0. The largest absolute Gasteiger partial charge is 0.437 e. The Bertz CT molecular complexity index is 519. The van der Waals surface area contributed by atoms with Crippen molar-refractivity contribution in [2.75, 3.05) is 0 Å². The van der Waals surface area contributed by atoms with Crippen LogP contribution in [0.25, 0.3) is 0 Å². The molecular weight excluding hydrogens is 270 g/mol. The maximum atomic E-state index is 5.93. The van der Waals surface area contributed by atoms with Crippen LogP contribution in [-0.4, -0.2) is 9.97 Å². The van der Waals surface area contributed by atoms with Crippen molar-refractivity contribution < 1.29 is 4.74 Å². The van der Waals surface area contributed by atoms with Crippen molar-refractivity contribution in [3.05, 3.63) is 45.8 Å². The van der Waals surface area contributed by atoms with Crippen molar-refractivity contribution in [2.24, 2.45) is 0 Å². The molecule has 0 saturated carbocycles. The van der Waals surface area contributed by atoms with E-state index in [-0.39, 0.29) is 0 Å². The molecular formula is C10H5Cl3N2O. The summed E-state index contributed by atoms with van der Waals surface area (Å²) < 4.78 is 5.42. The molecule has 0 aliphatic carbocycles. The van der Waals surface area contributed by atoms with E-state index in [0.717, 1.165) is 0 Å². The van der Waals surface area contributed by atoms with E-state index < -0.39 is 0 Å². The van der Waals surface area contributed by atoms with Crippen molar-refractivity contribution in [1.29, 1.82) is 0 Å². The second kappa shape index (κ2) is 4.87. The van der Waals surface area contributed by atoms with Crippen LogP contribution >= 0.6 is 34.8 Å². The smallest absolute Gasteiger partial charge is 0.223 e. The Labute approximate surface area is 107 Å². The third-order valence-electron chi connectivity index (χ3n) is 1.72. The normalized spacial score (nSPS) is 10.2. The molecule has 2 rings (SSSR count). The van der Waals surface area contributed by atoms with E-state index in [1.54, 1.807) is 18.2 Å². The Morgan fingerprint density at radius 3 is 2.56 bits per heavy atom. The predicted molar refractivity (Wildman–Crippen MR) is 63.6 cm³/mol. The van der Waals surface area contributed by atoms with Gasteiger partial charge < -0.3 is 4.74 Å². The molecule has 0 atom stereocenters. The Balaban J connectivity index is 2.30. The zero-order chi connectivity index (χ0) is 11.5. The molecule has 6 heteroatoms. The fourth-order valence-electron chi connectivity index (χ4n) is 1.04. The van der Waals surface area contributed by atoms with E-state index in [2.05, 4.69) is 9.97 Å². The summed E-state index contributed by atoms with van der Waals surface area (Å²) in [5, 5.41) is 1.27. The number of ether oxygens (including phenoxy) is 1. The third kappa shape index (κ3) is 2.76. The number of hydrogen-bond donors (Lipinski definition) is 0. The first-order valence-corrected chi connectivity index (χ1v) is 5.39. The van der Waals surface area contributed by atoms with E-state index in [4.69, 9.17) is 39.5 Å². The van der Waals surface area contributed by atoms with Crippen molar-refractivity contribution in [2.45, 2.75) is 0 Å². The quantitative estimate of drug-likeness (QED) is 0.769. The average Bonchev–Trinajstić information content (AvgIpc) is 2.24. The van der Waals surface area contributed by atoms with Gasteiger partial charge in [0.2, 0.25) is 5.88 Å². The van der Waals surface area contributed by atoms with Gasteiger partial charge in [-0.1, -0.05) is 34.8 Å². The molecule has 0 aliphatic heterocycles. The number of aromatic nitrogens is 2. The Kier molecular flexibility index (Phi) is 3.49. The zero-order valence-electron chi connectivity index (χ0n) is 7.82. The lowest BCUT2D eigenvalue weighted by atomic mass is 10.3. The highest BCUT2D eigenvalue weighted by atomic mass is 35.5. The topological polar surface area (TPSA) is 35.0 Å². The van der Waals surface area contributed by atoms with Crippen LogP contribution < -0.4 is 4.74 Å². The number of rotatable bonds is 2. The molecule has 0 saturated heterocycles. The second-order valence-corrected chi connectivity index (χ2v) is 4.09. The molecule has 0 amide bonds. The molecule has 16 heavy (non-hydrogen) atoms. The van der Waals surface area contributed by atoms with Crippen molar-refractivity contribution in [3.63, 3.8) is 0 Å². The lowest BCUT2D eigenvalue weighted by molar-refractivity contribution is 0.462. The fourth-order valence-corrected chi connectivity index (χ4v) is 1.50. The average molecular weight is 276 g/mol. The highest BCUT2D eigenvalue weighted by molar-refractivity contribution is 6.34. The molecule has 1 aromatic heterocycles. The van der Waals surface area contributed by atoms with Crippen LogP contribution in [-0.2, 0) is 0 Å². The summed E-state index contributed by atoms with van der Waals surface area (Å²) >= 11 is 17.4. The number of halogens is 3. The molecule has 0 unspecified atom stereocenters. The molecule has 1 aromatic carbocycles. The van der Waals surface area contributed by atoms with Crippen LogP contribution in [0.4, 0.5) is 0 Å². The minimum Gasteiger partial charge on any atom is -0.437 e. The van der Waals surface area contributed by atoms with E-state index in [1.165, 1.54) is 12.4 Å². The minimum atomic E-state index is 0.295. The first-order chi connectivity index (χ1) is 7.65. The lowest BCUT2D eigenvalue weighted by Gasteiger charge is -2.06. The number of nitrogens with zero attached hydrogens (tertiary/aromatic N) is 2. The SMILES string of the molecule is Clc1ccc(Cl)c(Oc2cc(Cl)ncn2)c1. The van der Waals surface area contributed by atoms with Crippen LogP contribution in [0.1, 0.15) is 0 Å². The maximum absolute atomic E-state index is 5.93. The maximum Gasteiger partial charge on any atom is 0.223 e. The number of hydrogen-bond acceptors (Lipinski definition) is 3. The van der Waals surface area contributed by atoms with Gasteiger partial charge in [0, 0.05) is 17.2 Å². The monoisotopic (exact) mass is 274 g/mol. The van der Waals surface area contributed by atoms with Crippen LogP contribution in [0, 0.1) is 0 Å². The molecule has 0 fully saturated rings. The third-order valence-corrected chi connectivity index (χ3v) is 2.47.